The zero-order chi connectivity index (χ0) is 26.1. The lowest BCUT2D eigenvalue weighted by atomic mass is 10.0. The highest BCUT2D eigenvalue weighted by Gasteiger charge is 2.21. The van der Waals surface area contributed by atoms with E-state index in [1.807, 2.05) is 6.92 Å². The summed E-state index contributed by atoms with van der Waals surface area (Å²) in [4.78, 5) is 39.9. The van der Waals surface area contributed by atoms with Crippen molar-refractivity contribution in [2.45, 2.75) is 13.5 Å². The number of nitrogens with one attached hydrogen (secondary N) is 1. The minimum absolute atomic E-state index is 0.0561. The SMILES string of the molecule is COc1cc2c(=O)c(C(=O)c3ccc(C)cc3)cn(CC(=O)Nc3ccc4c(c3)OCO4)c2cc1OC. The molecule has 9 heteroatoms. The molecule has 1 amide bonds. The Morgan fingerprint density at radius 3 is 2.38 bits per heavy atom. The third-order valence-corrected chi connectivity index (χ3v) is 6.11. The number of anilines is 1. The van der Waals surface area contributed by atoms with Crippen molar-refractivity contribution >= 4 is 28.3 Å². The van der Waals surface area contributed by atoms with Crippen LogP contribution in [-0.4, -0.2) is 37.3 Å². The molecule has 1 aliphatic heterocycles. The Hall–Kier alpha value is -4.79. The van der Waals surface area contributed by atoms with Crippen LogP contribution in [0.5, 0.6) is 23.0 Å². The first kappa shape index (κ1) is 23.9. The van der Waals surface area contributed by atoms with Crippen LogP contribution in [0.4, 0.5) is 5.69 Å². The monoisotopic (exact) mass is 500 g/mol. The van der Waals surface area contributed by atoms with Crippen molar-refractivity contribution in [2.75, 3.05) is 26.3 Å². The zero-order valence-electron chi connectivity index (χ0n) is 20.5. The number of hydrogen-bond acceptors (Lipinski definition) is 7. The maximum absolute atomic E-state index is 13.5. The predicted octanol–water partition coefficient (Wildman–Crippen LogP) is 3.93. The highest BCUT2D eigenvalue weighted by atomic mass is 16.7. The van der Waals surface area contributed by atoms with Crippen molar-refractivity contribution in [1.29, 1.82) is 0 Å². The predicted molar refractivity (Wildman–Crippen MR) is 137 cm³/mol. The van der Waals surface area contributed by atoms with E-state index in [2.05, 4.69) is 5.32 Å². The maximum Gasteiger partial charge on any atom is 0.244 e. The Morgan fingerprint density at radius 1 is 0.946 bits per heavy atom. The maximum atomic E-state index is 13.5. The summed E-state index contributed by atoms with van der Waals surface area (Å²) in [5.74, 6) is 1.05. The molecule has 1 aliphatic rings. The van der Waals surface area contributed by atoms with Crippen molar-refractivity contribution in [1.82, 2.24) is 4.57 Å². The van der Waals surface area contributed by atoms with Crippen molar-refractivity contribution in [3.63, 3.8) is 0 Å². The molecule has 0 spiro atoms. The van der Waals surface area contributed by atoms with Gasteiger partial charge < -0.3 is 28.8 Å². The van der Waals surface area contributed by atoms with Gasteiger partial charge in [0.25, 0.3) is 0 Å². The number of benzene rings is 3. The molecule has 0 saturated heterocycles. The van der Waals surface area contributed by atoms with Crippen LogP contribution < -0.4 is 29.7 Å². The van der Waals surface area contributed by atoms with E-state index in [-0.39, 0.29) is 30.2 Å². The first-order valence-corrected chi connectivity index (χ1v) is 11.5. The fourth-order valence-corrected chi connectivity index (χ4v) is 4.20. The number of aryl methyl sites for hydroxylation is 1. The van der Waals surface area contributed by atoms with E-state index >= 15 is 0 Å². The van der Waals surface area contributed by atoms with Gasteiger partial charge in [0, 0.05) is 29.6 Å². The smallest absolute Gasteiger partial charge is 0.244 e. The molecule has 0 bridgehead atoms. The lowest BCUT2D eigenvalue weighted by Gasteiger charge is -2.16. The summed E-state index contributed by atoms with van der Waals surface area (Å²) in [5.41, 5.74) is 1.79. The Bertz CT molecular complexity index is 1590. The number of ketones is 1. The van der Waals surface area contributed by atoms with Gasteiger partial charge in [-0.1, -0.05) is 29.8 Å². The number of ether oxygens (including phenoxy) is 4. The Kier molecular flexibility index (Phi) is 6.27. The molecule has 188 valence electrons. The standard InChI is InChI=1S/C28H24N2O7/c1-16-4-6-17(7-5-16)27(32)20-13-30(21-12-24(35-3)23(34-2)11-19(21)28(20)33)14-26(31)29-18-8-9-22-25(10-18)37-15-36-22/h4-13H,14-15H2,1-3H3,(H,29,31). The van der Waals surface area contributed by atoms with E-state index in [9.17, 15) is 14.4 Å². The van der Waals surface area contributed by atoms with Crippen LogP contribution in [0.3, 0.4) is 0 Å². The van der Waals surface area contributed by atoms with Gasteiger partial charge in [0.2, 0.25) is 18.1 Å². The van der Waals surface area contributed by atoms with Crippen molar-refractivity contribution in [3.05, 3.63) is 87.7 Å². The number of carbonyl (C=O) groups excluding carboxylic acids is 2. The Balaban J connectivity index is 1.57. The van der Waals surface area contributed by atoms with Crippen LogP contribution in [0.2, 0.25) is 0 Å². The largest absolute Gasteiger partial charge is 0.493 e. The minimum atomic E-state index is -0.464. The lowest BCUT2D eigenvalue weighted by Crippen LogP contribution is -2.24. The average Bonchev–Trinajstić information content (AvgIpc) is 3.37. The van der Waals surface area contributed by atoms with Crippen LogP contribution in [0.1, 0.15) is 21.5 Å². The number of pyridine rings is 1. The molecule has 1 aromatic heterocycles. The third-order valence-electron chi connectivity index (χ3n) is 6.11. The van der Waals surface area contributed by atoms with Gasteiger partial charge >= 0.3 is 0 Å². The molecule has 2 heterocycles. The summed E-state index contributed by atoms with van der Waals surface area (Å²) < 4.78 is 23.0. The highest BCUT2D eigenvalue weighted by Crippen LogP contribution is 2.34. The number of aromatic nitrogens is 1. The van der Waals surface area contributed by atoms with Crippen molar-refractivity contribution in [2.24, 2.45) is 0 Å². The molecular weight excluding hydrogens is 476 g/mol. The first-order valence-electron chi connectivity index (χ1n) is 11.5. The third kappa shape index (κ3) is 4.58. The fourth-order valence-electron chi connectivity index (χ4n) is 4.20. The number of rotatable bonds is 7. The summed E-state index contributed by atoms with van der Waals surface area (Å²) in [6.45, 7) is 1.86. The summed E-state index contributed by atoms with van der Waals surface area (Å²) in [6.07, 6.45) is 1.41. The molecule has 5 rings (SSSR count). The molecule has 0 unspecified atom stereocenters. The molecule has 0 aliphatic carbocycles. The van der Waals surface area contributed by atoms with E-state index in [0.29, 0.717) is 39.8 Å². The second-order valence-corrected chi connectivity index (χ2v) is 8.54. The Morgan fingerprint density at radius 2 is 1.65 bits per heavy atom. The number of amides is 1. The van der Waals surface area contributed by atoms with Gasteiger partial charge in [-0.2, -0.15) is 0 Å². The van der Waals surface area contributed by atoms with E-state index in [4.69, 9.17) is 18.9 Å². The fraction of sp³-hybridized carbons (Fsp3) is 0.179. The molecular formula is C28H24N2O7. The van der Waals surface area contributed by atoms with Gasteiger partial charge in [-0.3, -0.25) is 14.4 Å². The van der Waals surface area contributed by atoms with Crippen LogP contribution >= 0.6 is 0 Å². The van der Waals surface area contributed by atoms with Crippen LogP contribution in [0, 0.1) is 6.92 Å². The number of nitrogens with zero attached hydrogens (tertiary/aromatic N) is 1. The number of hydrogen-bond donors (Lipinski definition) is 1. The molecule has 0 saturated carbocycles. The van der Waals surface area contributed by atoms with Gasteiger partial charge in [0.15, 0.2) is 28.8 Å². The summed E-state index contributed by atoms with van der Waals surface area (Å²) in [6, 6.07) is 15.2. The van der Waals surface area contributed by atoms with Crippen LogP contribution in [0.25, 0.3) is 10.9 Å². The van der Waals surface area contributed by atoms with Crippen molar-refractivity contribution < 1.29 is 28.5 Å². The molecule has 0 atom stereocenters. The van der Waals surface area contributed by atoms with Gasteiger partial charge in [-0.25, -0.2) is 0 Å². The number of methoxy groups -OCH3 is 2. The number of fused-ring (bicyclic) bond motifs is 2. The zero-order valence-corrected chi connectivity index (χ0v) is 20.5. The van der Waals surface area contributed by atoms with E-state index < -0.39 is 11.2 Å². The van der Waals surface area contributed by atoms with Crippen LogP contribution in [0.15, 0.2) is 65.6 Å². The van der Waals surface area contributed by atoms with Gasteiger partial charge in [-0.15, -0.1) is 0 Å². The van der Waals surface area contributed by atoms with Crippen LogP contribution in [-0.2, 0) is 11.3 Å². The normalized spacial score (nSPS) is 11.9. The lowest BCUT2D eigenvalue weighted by molar-refractivity contribution is -0.116. The minimum Gasteiger partial charge on any atom is -0.493 e. The second-order valence-electron chi connectivity index (χ2n) is 8.54. The quantitative estimate of drug-likeness (QED) is 0.384. The molecule has 3 aromatic carbocycles. The topological polar surface area (TPSA) is 105 Å². The molecule has 4 aromatic rings. The Labute approximate surface area is 212 Å². The molecule has 0 fully saturated rings. The highest BCUT2D eigenvalue weighted by molar-refractivity contribution is 6.10. The van der Waals surface area contributed by atoms with E-state index in [1.54, 1.807) is 53.1 Å². The second kappa shape index (κ2) is 9.69. The summed E-state index contributed by atoms with van der Waals surface area (Å²) in [7, 11) is 2.94. The van der Waals surface area contributed by atoms with E-state index in [0.717, 1.165) is 5.56 Å². The first-order chi connectivity index (χ1) is 17.9. The summed E-state index contributed by atoms with van der Waals surface area (Å²) in [5, 5.41) is 3.05. The molecule has 9 nitrogen and oxygen atoms in total. The number of carbonyl (C=O) groups is 2. The average molecular weight is 501 g/mol. The van der Waals surface area contributed by atoms with E-state index in [1.165, 1.54) is 26.5 Å². The van der Waals surface area contributed by atoms with Crippen molar-refractivity contribution in [3.8, 4) is 23.0 Å². The van der Waals surface area contributed by atoms with Gasteiger partial charge in [0.1, 0.15) is 6.54 Å². The molecule has 37 heavy (non-hydrogen) atoms. The van der Waals surface area contributed by atoms with Gasteiger partial charge in [-0.05, 0) is 25.1 Å². The summed E-state index contributed by atoms with van der Waals surface area (Å²) >= 11 is 0. The van der Waals surface area contributed by atoms with Gasteiger partial charge in [0.05, 0.1) is 30.7 Å². The molecule has 0 radical (unpaired) electrons. The molecule has 1 N–H and O–H groups in total.